The molecule has 0 amide bonds. The van der Waals surface area contributed by atoms with Gasteiger partial charge in [-0.3, -0.25) is 37.3 Å². The maximum Gasteiger partial charge on any atom is 0.472 e. The van der Waals surface area contributed by atoms with Crippen molar-refractivity contribution in [3.05, 3.63) is 85.1 Å². The molecule has 0 aromatic carbocycles. The summed E-state index contributed by atoms with van der Waals surface area (Å²) < 4.78 is 68.6. The van der Waals surface area contributed by atoms with E-state index in [-0.39, 0.29) is 25.7 Å². The van der Waals surface area contributed by atoms with Gasteiger partial charge in [-0.25, -0.2) is 9.13 Å². The number of unbranched alkanes of at least 4 members (excludes halogenated alkanes) is 35. The van der Waals surface area contributed by atoms with Gasteiger partial charge >= 0.3 is 39.5 Å². The number of rotatable bonds is 75. The van der Waals surface area contributed by atoms with Crippen LogP contribution >= 0.6 is 15.6 Å². The smallest absolute Gasteiger partial charge is 0.462 e. The fraction of sp³-hybridized carbons (Fsp3) is 0.778. The third-order valence-corrected chi connectivity index (χ3v) is 18.7. The lowest BCUT2D eigenvalue weighted by Gasteiger charge is -2.21. The van der Waals surface area contributed by atoms with Crippen LogP contribution in [-0.4, -0.2) is 96.7 Å². The van der Waals surface area contributed by atoms with Gasteiger partial charge in [-0.1, -0.05) is 267 Å². The number of hydrogen-bond acceptors (Lipinski definition) is 15. The number of esters is 4. The lowest BCUT2D eigenvalue weighted by atomic mass is 10.1. The van der Waals surface area contributed by atoms with Crippen molar-refractivity contribution in [1.29, 1.82) is 0 Å². The normalized spacial score (nSPS) is 14.3. The summed E-state index contributed by atoms with van der Waals surface area (Å²) in [6.45, 7) is 4.72. The van der Waals surface area contributed by atoms with Gasteiger partial charge in [0, 0.05) is 25.7 Å². The third-order valence-electron chi connectivity index (χ3n) is 16.8. The molecule has 0 aliphatic rings. The zero-order chi connectivity index (χ0) is 73.2. The number of allylic oxidation sites excluding steroid dienone is 14. The maximum atomic E-state index is 13.1. The SMILES string of the molecule is CC/C=C\C/C=C\C/C=C\CCCCCCCC(=O)OCC(COP(=O)(O)OCC(O)COP(=O)(O)OCC(COC(=O)CCCCCCC/C=C\CCCCCCCC)OC(=O)CCCCCCC/C=C\CCCCCCCC)OC(=O)CCCCCCC/C=C\C/C=C\CCCCC. The number of phosphoric acid groups is 2. The molecule has 0 aliphatic carbocycles. The molecule has 5 unspecified atom stereocenters. The zero-order valence-corrected chi connectivity index (χ0v) is 65.2. The van der Waals surface area contributed by atoms with Crippen molar-refractivity contribution in [2.24, 2.45) is 0 Å². The van der Waals surface area contributed by atoms with E-state index in [1.807, 2.05) is 0 Å². The molecule has 17 nitrogen and oxygen atoms in total. The van der Waals surface area contributed by atoms with Crippen molar-refractivity contribution in [3.63, 3.8) is 0 Å². The van der Waals surface area contributed by atoms with Gasteiger partial charge in [0.15, 0.2) is 12.2 Å². The van der Waals surface area contributed by atoms with Crippen LogP contribution < -0.4 is 0 Å². The number of hydrogen-bond donors (Lipinski definition) is 3. The van der Waals surface area contributed by atoms with E-state index in [4.69, 9.17) is 37.0 Å². The fourth-order valence-corrected chi connectivity index (χ4v) is 12.3. The van der Waals surface area contributed by atoms with Crippen LogP contribution in [0.5, 0.6) is 0 Å². The van der Waals surface area contributed by atoms with Crippen molar-refractivity contribution in [3.8, 4) is 0 Å². The average Bonchev–Trinajstić information content (AvgIpc) is 1.01. The molecule has 0 saturated carbocycles. The van der Waals surface area contributed by atoms with Crippen LogP contribution in [0, 0.1) is 0 Å². The molecular formula is C81H144O17P2. The second-order valence-electron chi connectivity index (χ2n) is 26.6. The topological polar surface area (TPSA) is 237 Å². The molecular weight excluding hydrogens is 1310 g/mol. The standard InChI is InChI=1S/C81H144O17P2/c1-5-9-13-17-21-25-29-33-37-41-45-49-53-57-61-65-78(83)91-71-76(97-80(85)67-63-59-55-51-47-43-39-35-31-27-23-19-15-11-7-3)73-95-99(87,88)93-69-75(82)70-94-100(89,90)96-74-77(98-81(86)68-64-60-56-52-48-44-40-36-32-28-24-20-16-12-8-4)72-92-79(84)66-62-58-54-50-46-42-38-34-30-26-22-18-14-10-6-2/h9,13,21,23,25,27,33-40,75-77,82H,5-8,10-12,14-20,22,24,26,28-32,41-74H2,1-4H3,(H,87,88)(H,89,90)/b13-9-,25-21-,27-23-,37-33-,38-34-,39-35-,40-36-. The molecule has 0 radical (unpaired) electrons. The molecule has 580 valence electrons. The molecule has 0 saturated heterocycles. The van der Waals surface area contributed by atoms with Crippen molar-refractivity contribution < 1.29 is 80.2 Å². The lowest BCUT2D eigenvalue weighted by molar-refractivity contribution is -0.161. The van der Waals surface area contributed by atoms with E-state index in [0.717, 1.165) is 173 Å². The van der Waals surface area contributed by atoms with Gasteiger partial charge in [0.05, 0.1) is 26.4 Å². The zero-order valence-electron chi connectivity index (χ0n) is 63.4. The third kappa shape index (κ3) is 72.6. The van der Waals surface area contributed by atoms with E-state index in [2.05, 4.69) is 113 Å². The Morgan fingerprint density at radius 2 is 0.520 bits per heavy atom. The molecule has 0 aromatic heterocycles. The molecule has 0 bridgehead atoms. The Hall–Kier alpha value is -3.76. The molecule has 0 heterocycles. The lowest BCUT2D eigenvalue weighted by Crippen LogP contribution is -2.30. The van der Waals surface area contributed by atoms with Gasteiger partial charge in [0.25, 0.3) is 0 Å². The van der Waals surface area contributed by atoms with Crippen molar-refractivity contribution in [1.82, 2.24) is 0 Å². The fourth-order valence-electron chi connectivity index (χ4n) is 10.7. The Labute approximate surface area is 608 Å². The number of aliphatic hydroxyl groups excluding tert-OH is 1. The van der Waals surface area contributed by atoms with Crippen LogP contribution in [0.2, 0.25) is 0 Å². The minimum atomic E-state index is -4.98. The van der Waals surface area contributed by atoms with Gasteiger partial charge in [0.1, 0.15) is 19.3 Å². The van der Waals surface area contributed by atoms with Crippen molar-refractivity contribution in [2.75, 3.05) is 39.6 Å². The van der Waals surface area contributed by atoms with Gasteiger partial charge in [-0.05, 0) is 141 Å². The summed E-state index contributed by atoms with van der Waals surface area (Å²) in [6, 6.07) is 0. The molecule has 0 aliphatic heterocycles. The van der Waals surface area contributed by atoms with Crippen LogP contribution in [-0.2, 0) is 65.4 Å². The predicted octanol–water partition coefficient (Wildman–Crippen LogP) is 23.0. The summed E-state index contributed by atoms with van der Waals surface area (Å²) in [5.41, 5.74) is 0. The Bertz CT molecular complexity index is 2230. The summed E-state index contributed by atoms with van der Waals surface area (Å²) in [4.78, 5) is 73.0. The highest BCUT2D eigenvalue weighted by atomic mass is 31.2. The number of aliphatic hydroxyl groups is 1. The molecule has 3 N–H and O–H groups in total. The predicted molar refractivity (Wildman–Crippen MR) is 409 cm³/mol. The first-order chi connectivity index (χ1) is 48.7. The Kier molecular flexibility index (Phi) is 70.8. The Balaban J connectivity index is 5.38. The van der Waals surface area contributed by atoms with Crippen LogP contribution in [0.3, 0.4) is 0 Å². The first-order valence-electron chi connectivity index (χ1n) is 39.8. The first-order valence-corrected chi connectivity index (χ1v) is 42.8. The van der Waals surface area contributed by atoms with Crippen molar-refractivity contribution in [2.45, 2.75) is 367 Å². The van der Waals surface area contributed by atoms with Gasteiger partial charge in [0.2, 0.25) is 0 Å². The Morgan fingerprint density at radius 3 is 0.830 bits per heavy atom. The minimum Gasteiger partial charge on any atom is -0.462 e. The number of ether oxygens (including phenoxy) is 4. The largest absolute Gasteiger partial charge is 0.472 e. The molecule has 0 aromatic rings. The molecule has 0 rings (SSSR count). The number of carbonyl (C=O) groups is 4. The summed E-state index contributed by atoms with van der Waals surface area (Å²) in [5.74, 6) is -2.21. The molecule has 19 heteroatoms. The minimum absolute atomic E-state index is 0.0757. The second-order valence-corrected chi connectivity index (χ2v) is 29.5. The summed E-state index contributed by atoms with van der Waals surface area (Å²) >= 11 is 0. The number of phosphoric ester groups is 2. The van der Waals surface area contributed by atoms with E-state index < -0.39 is 97.5 Å². The monoisotopic (exact) mass is 1450 g/mol. The van der Waals surface area contributed by atoms with Crippen LogP contribution in [0.4, 0.5) is 0 Å². The van der Waals surface area contributed by atoms with E-state index in [1.165, 1.54) is 96.3 Å². The quantitative estimate of drug-likeness (QED) is 0.0169. The molecule has 100 heavy (non-hydrogen) atoms. The maximum absolute atomic E-state index is 13.1. The summed E-state index contributed by atoms with van der Waals surface area (Å²) in [7, 11) is -9.96. The van der Waals surface area contributed by atoms with E-state index in [9.17, 15) is 43.2 Å². The molecule has 0 spiro atoms. The van der Waals surface area contributed by atoms with Gasteiger partial charge < -0.3 is 33.8 Å². The highest BCUT2D eigenvalue weighted by Gasteiger charge is 2.30. The summed E-state index contributed by atoms with van der Waals surface area (Å²) in [6.07, 6.45) is 75.6. The highest BCUT2D eigenvalue weighted by Crippen LogP contribution is 2.45. The average molecular weight is 1450 g/mol. The molecule has 5 atom stereocenters. The van der Waals surface area contributed by atoms with Crippen LogP contribution in [0.1, 0.15) is 349 Å². The van der Waals surface area contributed by atoms with Crippen LogP contribution in [0.25, 0.3) is 0 Å². The van der Waals surface area contributed by atoms with E-state index >= 15 is 0 Å². The van der Waals surface area contributed by atoms with Crippen molar-refractivity contribution >= 4 is 39.5 Å². The van der Waals surface area contributed by atoms with Crippen LogP contribution in [0.15, 0.2) is 85.1 Å². The summed E-state index contributed by atoms with van der Waals surface area (Å²) in [5, 5.41) is 10.6. The molecule has 0 fully saturated rings. The van der Waals surface area contributed by atoms with E-state index in [0.29, 0.717) is 25.7 Å². The second kappa shape index (κ2) is 73.5. The number of carbonyl (C=O) groups excluding carboxylic acids is 4. The van der Waals surface area contributed by atoms with Gasteiger partial charge in [-0.2, -0.15) is 0 Å². The Morgan fingerprint density at radius 1 is 0.290 bits per heavy atom. The van der Waals surface area contributed by atoms with E-state index in [1.54, 1.807) is 0 Å². The first kappa shape index (κ1) is 96.2. The highest BCUT2D eigenvalue weighted by molar-refractivity contribution is 7.47. The van der Waals surface area contributed by atoms with Gasteiger partial charge in [-0.15, -0.1) is 0 Å².